The Morgan fingerprint density at radius 3 is 2.17 bits per heavy atom. The zero-order chi connectivity index (χ0) is 15.6. The van der Waals surface area contributed by atoms with Crippen molar-refractivity contribution in [3.63, 3.8) is 0 Å². The minimum Gasteiger partial charge on any atom is -0.340 e. The summed E-state index contributed by atoms with van der Waals surface area (Å²) < 4.78 is 2.58. The molecule has 116 valence electrons. The fourth-order valence-corrected chi connectivity index (χ4v) is 4.06. The highest BCUT2D eigenvalue weighted by atomic mass is 15.0. The van der Waals surface area contributed by atoms with E-state index in [-0.39, 0.29) is 0 Å². The maximum atomic E-state index is 2.58. The van der Waals surface area contributed by atoms with Crippen molar-refractivity contribution in [2.45, 2.75) is 39.2 Å². The number of fused-ring (bicyclic) bond motifs is 1. The Bertz CT molecular complexity index is 797. The van der Waals surface area contributed by atoms with Gasteiger partial charge in [-0.15, -0.1) is 0 Å². The minimum atomic E-state index is 0.973. The molecule has 0 bridgehead atoms. The lowest BCUT2D eigenvalue weighted by Gasteiger charge is -2.15. The van der Waals surface area contributed by atoms with Gasteiger partial charge < -0.3 is 4.57 Å². The standard InChI is InChI=1S/C22H23N/c1-2-21-19-14-9-15-20(19)22(18-12-7-4-8-13-18)23(21)16-17-10-5-3-6-11-17/h3-8,10-13H,2,9,14-16H2,1H3. The summed E-state index contributed by atoms with van der Waals surface area (Å²) in [5, 5.41) is 0. The molecule has 0 radical (unpaired) electrons. The molecule has 0 spiro atoms. The predicted molar refractivity (Wildman–Crippen MR) is 96.8 cm³/mol. The van der Waals surface area contributed by atoms with Gasteiger partial charge in [0.1, 0.15) is 0 Å². The van der Waals surface area contributed by atoms with E-state index in [1.165, 1.54) is 36.1 Å². The fraction of sp³-hybridized carbons (Fsp3) is 0.273. The Labute approximate surface area is 138 Å². The van der Waals surface area contributed by atoms with E-state index in [9.17, 15) is 0 Å². The molecule has 1 heterocycles. The van der Waals surface area contributed by atoms with Crippen molar-refractivity contribution in [1.29, 1.82) is 0 Å². The maximum Gasteiger partial charge on any atom is 0.0521 e. The van der Waals surface area contributed by atoms with Crippen LogP contribution in [0.25, 0.3) is 11.3 Å². The van der Waals surface area contributed by atoms with Crippen molar-refractivity contribution in [3.8, 4) is 11.3 Å². The first-order valence-corrected chi connectivity index (χ1v) is 8.71. The Morgan fingerprint density at radius 1 is 0.826 bits per heavy atom. The first kappa shape index (κ1) is 14.3. The topological polar surface area (TPSA) is 4.93 Å². The molecule has 1 aliphatic rings. The zero-order valence-corrected chi connectivity index (χ0v) is 13.8. The van der Waals surface area contributed by atoms with Gasteiger partial charge >= 0.3 is 0 Å². The van der Waals surface area contributed by atoms with Crippen molar-refractivity contribution < 1.29 is 0 Å². The largest absolute Gasteiger partial charge is 0.340 e. The van der Waals surface area contributed by atoms with E-state index in [0.29, 0.717) is 0 Å². The van der Waals surface area contributed by atoms with Crippen LogP contribution in [0, 0.1) is 0 Å². The van der Waals surface area contributed by atoms with E-state index in [1.807, 2.05) is 0 Å². The Morgan fingerprint density at radius 2 is 1.48 bits per heavy atom. The molecule has 3 aromatic rings. The molecule has 1 heteroatoms. The number of hydrogen-bond acceptors (Lipinski definition) is 0. The summed E-state index contributed by atoms with van der Waals surface area (Å²) in [6.07, 6.45) is 4.90. The van der Waals surface area contributed by atoms with E-state index in [1.54, 1.807) is 16.8 Å². The van der Waals surface area contributed by atoms with Crippen molar-refractivity contribution in [3.05, 3.63) is 83.0 Å². The monoisotopic (exact) mass is 301 g/mol. The summed E-state index contributed by atoms with van der Waals surface area (Å²) in [7, 11) is 0. The highest BCUT2D eigenvalue weighted by Gasteiger charge is 2.25. The van der Waals surface area contributed by atoms with Crippen LogP contribution >= 0.6 is 0 Å². The second kappa shape index (κ2) is 6.08. The van der Waals surface area contributed by atoms with Gasteiger partial charge in [-0.25, -0.2) is 0 Å². The Kier molecular flexibility index (Phi) is 3.78. The molecule has 23 heavy (non-hydrogen) atoms. The molecule has 0 saturated heterocycles. The Balaban J connectivity index is 1.90. The summed E-state index contributed by atoms with van der Waals surface area (Å²) in [6.45, 7) is 3.27. The van der Waals surface area contributed by atoms with Crippen LogP contribution in [0.1, 0.15) is 35.7 Å². The van der Waals surface area contributed by atoms with E-state index in [2.05, 4.69) is 72.2 Å². The zero-order valence-electron chi connectivity index (χ0n) is 13.8. The van der Waals surface area contributed by atoms with Gasteiger partial charge in [-0.1, -0.05) is 67.6 Å². The van der Waals surface area contributed by atoms with Crippen LogP contribution in [-0.4, -0.2) is 4.57 Å². The minimum absolute atomic E-state index is 0.973. The normalized spacial score (nSPS) is 13.3. The molecule has 0 aliphatic heterocycles. The van der Waals surface area contributed by atoms with Gasteiger partial charge in [0.05, 0.1) is 5.69 Å². The predicted octanol–water partition coefficient (Wildman–Crippen LogP) is 5.25. The van der Waals surface area contributed by atoms with Crippen LogP contribution in [0.2, 0.25) is 0 Å². The summed E-state index contributed by atoms with van der Waals surface area (Å²) in [4.78, 5) is 0. The highest BCUT2D eigenvalue weighted by molar-refractivity contribution is 5.69. The van der Waals surface area contributed by atoms with Gasteiger partial charge in [-0.2, -0.15) is 0 Å². The lowest BCUT2D eigenvalue weighted by molar-refractivity contribution is 0.737. The molecule has 1 aliphatic carbocycles. The van der Waals surface area contributed by atoms with Gasteiger partial charge in [-0.3, -0.25) is 0 Å². The molecule has 1 nitrogen and oxygen atoms in total. The van der Waals surface area contributed by atoms with Gasteiger partial charge in [0, 0.05) is 12.2 Å². The number of hydrogen-bond donors (Lipinski definition) is 0. The third-order valence-corrected chi connectivity index (χ3v) is 5.01. The molecule has 0 atom stereocenters. The molecule has 0 fully saturated rings. The molecular weight excluding hydrogens is 278 g/mol. The van der Waals surface area contributed by atoms with Crippen molar-refractivity contribution in [1.82, 2.24) is 4.57 Å². The third kappa shape index (κ3) is 2.50. The van der Waals surface area contributed by atoms with Crippen LogP contribution in [-0.2, 0) is 25.8 Å². The smallest absolute Gasteiger partial charge is 0.0521 e. The van der Waals surface area contributed by atoms with Crippen molar-refractivity contribution >= 4 is 0 Å². The van der Waals surface area contributed by atoms with E-state index >= 15 is 0 Å². The van der Waals surface area contributed by atoms with Gasteiger partial charge in [0.2, 0.25) is 0 Å². The van der Waals surface area contributed by atoms with Crippen molar-refractivity contribution in [2.24, 2.45) is 0 Å². The molecule has 0 unspecified atom stereocenters. The lowest BCUT2D eigenvalue weighted by Crippen LogP contribution is -2.07. The van der Waals surface area contributed by atoms with Crippen LogP contribution in [0.15, 0.2) is 60.7 Å². The van der Waals surface area contributed by atoms with E-state index < -0.39 is 0 Å². The fourth-order valence-electron chi connectivity index (χ4n) is 4.06. The average molecular weight is 301 g/mol. The third-order valence-electron chi connectivity index (χ3n) is 5.01. The maximum absolute atomic E-state index is 2.58. The first-order valence-electron chi connectivity index (χ1n) is 8.71. The second-order valence-electron chi connectivity index (χ2n) is 6.40. The summed E-state index contributed by atoms with van der Waals surface area (Å²) in [6, 6.07) is 21.8. The number of rotatable bonds is 4. The van der Waals surface area contributed by atoms with Crippen molar-refractivity contribution in [2.75, 3.05) is 0 Å². The molecule has 4 rings (SSSR count). The van der Waals surface area contributed by atoms with E-state index in [4.69, 9.17) is 0 Å². The summed E-state index contributed by atoms with van der Waals surface area (Å²) >= 11 is 0. The quantitative estimate of drug-likeness (QED) is 0.620. The molecule has 2 aromatic carbocycles. The average Bonchev–Trinajstić information content (AvgIpc) is 3.16. The number of benzene rings is 2. The summed E-state index contributed by atoms with van der Waals surface area (Å²) in [5.74, 6) is 0. The SMILES string of the molecule is CCc1c2c(c(-c3ccccc3)n1Cc1ccccc1)CCC2. The molecule has 0 amide bonds. The number of aromatic nitrogens is 1. The first-order chi connectivity index (χ1) is 11.4. The van der Waals surface area contributed by atoms with Gasteiger partial charge in [-0.05, 0) is 47.9 Å². The highest BCUT2D eigenvalue weighted by Crippen LogP contribution is 2.38. The molecular formula is C22H23N. The van der Waals surface area contributed by atoms with Crippen LogP contribution in [0.4, 0.5) is 0 Å². The van der Waals surface area contributed by atoms with Crippen LogP contribution in [0.3, 0.4) is 0 Å². The second-order valence-corrected chi connectivity index (χ2v) is 6.40. The Hall–Kier alpha value is -2.28. The molecule has 0 saturated carbocycles. The van der Waals surface area contributed by atoms with Crippen LogP contribution < -0.4 is 0 Å². The lowest BCUT2D eigenvalue weighted by atomic mass is 10.1. The van der Waals surface area contributed by atoms with Crippen LogP contribution in [0.5, 0.6) is 0 Å². The van der Waals surface area contributed by atoms with Gasteiger partial charge in [0.25, 0.3) is 0 Å². The summed E-state index contributed by atoms with van der Waals surface area (Å²) in [5.41, 5.74) is 8.97. The van der Waals surface area contributed by atoms with Gasteiger partial charge in [0.15, 0.2) is 0 Å². The number of nitrogens with zero attached hydrogens (tertiary/aromatic N) is 1. The molecule has 1 aromatic heterocycles. The molecule has 0 N–H and O–H groups in total. The van der Waals surface area contributed by atoms with E-state index in [0.717, 1.165) is 13.0 Å².